The van der Waals surface area contributed by atoms with E-state index in [1.54, 1.807) is 30.3 Å². The minimum absolute atomic E-state index is 0.521. The van der Waals surface area contributed by atoms with E-state index in [1.165, 1.54) is 32.5 Å². The van der Waals surface area contributed by atoms with Gasteiger partial charge in [0.1, 0.15) is 0 Å². The van der Waals surface area contributed by atoms with Crippen LogP contribution >= 0.6 is 7.82 Å². The largest absolute Gasteiger partial charge is 0.527 e. The molecular formula is C13H18NO7P. The van der Waals surface area contributed by atoms with Crippen LogP contribution < -0.4 is 5.06 Å². The zero-order valence-corrected chi connectivity index (χ0v) is 13.3. The van der Waals surface area contributed by atoms with Crippen molar-refractivity contribution in [2.24, 2.45) is 0 Å². The summed E-state index contributed by atoms with van der Waals surface area (Å²) >= 11 is 0. The number of carbonyl (C=O) groups is 1. The molecule has 22 heavy (non-hydrogen) atoms. The van der Waals surface area contributed by atoms with E-state index in [2.05, 4.69) is 4.52 Å². The molecular weight excluding hydrogens is 313 g/mol. The molecule has 0 aliphatic rings. The predicted octanol–water partition coefficient (Wildman–Crippen LogP) is 1.70. The molecule has 0 aliphatic carbocycles. The molecule has 1 aromatic carbocycles. The van der Waals surface area contributed by atoms with Crippen LogP contribution in [-0.4, -0.2) is 36.0 Å². The van der Waals surface area contributed by atoms with E-state index >= 15 is 0 Å². The van der Waals surface area contributed by atoms with Gasteiger partial charge < -0.3 is 9.26 Å². The maximum atomic E-state index is 11.7. The Labute approximate surface area is 128 Å². The van der Waals surface area contributed by atoms with E-state index in [4.69, 9.17) is 19.4 Å². The molecule has 1 atom stereocenters. The van der Waals surface area contributed by atoms with Gasteiger partial charge in [0, 0.05) is 0 Å². The first kappa shape index (κ1) is 18.2. The molecule has 0 saturated heterocycles. The lowest BCUT2D eigenvalue weighted by atomic mass is 10.2. The predicted molar refractivity (Wildman–Crippen MR) is 79.6 cm³/mol. The summed E-state index contributed by atoms with van der Waals surface area (Å²) in [5.74, 6) is -1.10. The number of carbonyl (C=O) groups excluding carboxylic acids is 1. The minimum atomic E-state index is -4.89. The molecule has 0 bridgehead atoms. The van der Waals surface area contributed by atoms with Crippen molar-refractivity contribution >= 4 is 25.6 Å². The number of hydrogen-bond donors (Lipinski definition) is 2. The van der Waals surface area contributed by atoms with E-state index in [-0.39, 0.29) is 0 Å². The molecule has 0 radical (unpaired) electrons. The second-order valence-electron chi connectivity index (χ2n) is 4.22. The normalized spacial score (nSPS) is 13.0. The van der Waals surface area contributed by atoms with Crippen LogP contribution in [0.3, 0.4) is 0 Å². The van der Waals surface area contributed by atoms with Crippen molar-refractivity contribution in [3.05, 3.63) is 36.1 Å². The van der Waals surface area contributed by atoms with Crippen LogP contribution in [0.2, 0.25) is 0 Å². The van der Waals surface area contributed by atoms with E-state index in [1.807, 2.05) is 0 Å². The third-order valence-electron chi connectivity index (χ3n) is 2.64. The quantitative estimate of drug-likeness (QED) is 0.442. The van der Waals surface area contributed by atoms with Crippen LogP contribution in [0.5, 0.6) is 0 Å². The minimum Gasteiger partial charge on any atom is -0.504 e. The molecule has 9 heteroatoms. The van der Waals surface area contributed by atoms with Gasteiger partial charge in [0.15, 0.2) is 6.04 Å². The SMILES string of the molecule is COC=Cc1ccc(N(OC)[C@@H](C)C(=O)OP(=O)(O)O)cc1. The van der Waals surface area contributed by atoms with Crippen molar-refractivity contribution < 1.29 is 33.2 Å². The molecule has 0 fully saturated rings. The zero-order valence-electron chi connectivity index (χ0n) is 12.4. The first-order valence-corrected chi connectivity index (χ1v) is 7.73. The van der Waals surface area contributed by atoms with Crippen LogP contribution in [0.1, 0.15) is 12.5 Å². The summed E-state index contributed by atoms with van der Waals surface area (Å²) in [4.78, 5) is 34.1. The Kier molecular flexibility index (Phi) is 6.58. The average molecular weight is 331 g/mol. The maximum Gasteiger partial charge on any atom is 0.527 e. The highest BCUT2D eigenvalue weighted by Gasteiger charge is 2.29. The lowest BCUT2D eigenvalue weighted by molar-refractivity contribution is -0.138. The number of hydroxylamine groups is 1. The molecule has 1 aromatic rings. The molecule has 122 valence electrons. The third kappa shape index (κ3) is 5.50. The van der Waals surface area contributed by atoms with Crippen molar-refractivity contribution in [2.75, 3.05) is 19.3 Å². The molecule has 8 nitrogen and oxygen atoms in total. The second-order valence-corrected chi connectivity index (χ2v) is 5.38. The van der Waals surface area contributed by atoms with Crippen LogP contribution in [0, 0.1) is 0 Å². The fourth-order valence-electron chi connectivity index (χ4n) is 1.66. The molecule has 0 saturated carbocycles. The fraction of sp³-hybridized carbons (Fsp3) is 0.308. The molecule has 0 amide bonds. The number of methoxy groups -OCH3 is 1. The van der Waals surface area contributed by atoms with Gasteiger partial charge in [-0.05, 0) is 30.7 Å². The van der Waals surface area contributed by atoms with Gasteiger partial charge in [-0.1, -0.05) is 12.1 Å². The van der Waals surface area contributed by atoms with E-state index < -0.39 is 19.8 Å². The molecule has 0 aromatic heterocycles. The van der Waals surface area contributed by atoms with Crippen LogP contribution in [0.15, 0.2) is 30.5 Å². The van der Waals surface area contributed by atoms with Crippen molar-refractivity contribution in [1.29, 1.82) is 0 Å². The number of hydrogen-bond acceptors (Lipinski definition) is 6. The van der Waals surface area contributed by atoms with Gasteiger partial charge in [0.05, 0.1) is 26.2 Å². The van der Waals surface area contributed by atoms with Crippen LogP contribution in [0.25, 0.3) is 6.08 Å². The van der Waals surface area contributed by atoms with Gasteiger partial charge in [-0.2, -0.15) is 0 Å². The second kappa shape index (κ2) is 7.95. The topological polar surface area (TPSA) is 106 Å². The number of benzene rings is 1. The van der Waals surface area contributed by atoms with Gasteiger partial charge in [-0.3, -0.25) is 14.6 Å². The van der Waals surface area contributed by atoms with Gasteiger partial charge in [-0.25, -0.2) is 14.4 Å². The monoisotopic (exact) mass is 331 g/mol. The number of rotatable bonds is 7. The van der Waals surface area contributed by atoms with E-state index in [0.717, 1.165) is 5.56 Å². The lowest BCUT2D eigenvalue weighted by Crippen LogP contribution is -2.39. The van der Waals surface area contributed by atoms with E-state index in [9.17, 15) is 9.36 Å². The number of anilines is 1. The lowest BCUT2D eigenvalue weighted by Gasteiger charge is -2.27. The summed E-state index contributed by atoms with van der Waals surface area (Å²) in [5, 5.41) is 1.18. The van der Waals surface area contributed by atoms with Crippen molar-refractivity contribution in [3.8, 4) is 0 Å². The van der Waals surface area contributed by atoms with Gasteiger partial charge in [-0.15, -0.1) is 0 Å². The summed E-state index contributed by atoms with van der Waals surface area (Å²) in [5.41, 5.74) is 1.39. The van der Waals surface area contributed by atoms with Gasteiger partial charge in [0.25, 0.3) is 0 Å². The third-order valence-corrected chi connectivity index (χ3v) is 3.06. The van der Waals surface area contributed by atoms with Gasteiger partial charge in [0.2, 0.25) is 0 Å². The average Bonchev–Trinajstić information content (AvgIpc) is 2.45. The standard InChI is InChI=1S/C13H18NO7P/c1-10(13(15)21-22(16,17)18)14(20-3)12-6-4-11(5-7-12)8-9-19-2/h4-10H,1-3H3,(H2,16,17,18)/t10-/m0/s1. The summed E-state index contributed by atoms with van der Waals surface area (Å²) < 4.78 is 19.6. The fourth-order valence-corrected chi connectivity index (χ4v) is 2.04. The number of ether oxygens (including phenoxy) is 1. The van der Waals surface area contributed by atoms with Crippen LogP contribution in [-0.2, 0) is 23.5 Å². The highest BCUT2D eigenvalue weighted by molar-refractivity contribution is 7.46. The Balaban J connectivity index is 2.88. The smallest absolute Gasteiger partial charge is 0.504 e. The highest BCUT2D eigenvalue weighted by atomic mass is 31.2. The summed E-state index contributed by atoms with van der Waals surface area (Å²) in [6.07, 6.45) is 3.26. The van der Waals surface area contributed by atoms with Gasteiger partial charge >= 0.3 is 13.8 Å². The molecule has 0 heterocycles. The highest BCUT2D eigenvalue weighted by Crippen LogP contribution is 2.36. The Hall–Kier alpha value is -1.86. The van der Waals surface area contributed by atoms with Crippen molar-refractivity contribution in [3.63, 3.8) is 0 Å². The summed E-state index contributed by atoms with van der Waals surface area (Å²) in [6.45, 7) is 1.40. The van der Waals surface area contributed by atoms with E-state index in [0.29, 0.717) is 5.69 Å². The Morgan fingerprint density at radius 2 is 1.86 bits per heavy atom. The number of phosphoric ester groups is 1. The Morgan fingerprint density at radius 3 is 2.32 bits per heavy atom. The molecule has 0 aliphatic heterocycles. The molecule has 0 unspecified atom stereocenters. The summed E-state index contributed by atoms with van der Waals surface area (Å²) in [6, 6.07) is 5.84. The Morgan fingerprint density at radius 1 is 1.27 bits per heavy atom. The summed E-state index contributed by atoms with van der Waals surface area (Å²) in [7, 11) is -2.03. The van der Waals surface area contributed by atoms with Crippen molar-refractivity contribution in [1.82, 2.24) is 0 Å². The molecule has 0 spiro atoms. The van der Waals surface area contributed by atoms with Crippen LogP contribution in [0.4, 0.5) is 5.69 Å². The number of phosphoric acid groups is 1. The number of nitrogens with zero attached hydrogens (tertiary/aromatic N) is 1. The molecule has 2 N–H and O–H groups in total. The maximum absolute atomic E-state index is 11.7. The first-order valence-electron chi connectivity index (χ1n) is 6.20. The van der Waals surface area contributed by atoms with Crippen molar-refractivity contribution in [2.45, 2.75) is 13.0 Å². The molecule has 1 rings (SSSR count). The Bertz CT molecular complexity index is 566. The first-order chi connectivity index (χ1) is 10.3. The zero-order chi connectivity index (χ0) is 16.8.